The Balaban J connectivity index is 1.28. The van der Waals surface area contributed by atoms with Crippen LogP contribution in [0.15, 0.2) is 24.3 Å². The average molecular weight is 383 g/mol. The SMILES string of the molecule is O=C(NCC(=O)N1CC[C@H]2CCCC[C@H]2C1)c1ccc(N2CCCC2=O)cc1. The van der Waals surface area contributed by atoms with Gasteiger partial charge < -0.3 is 15.1 Å². The summed E-state index contributed by atoms with van der Waals surface area (Å²) in [5.41, 5.74) is 1.33. The topological polar surface area (TPSA) is 69.7 Å². The monoisotopic (exact) mass is 383 g/mol. The van der Waals surface area contributed by atoms with Crippen LogP contribution in [-0.4, -0.2) is 48.8 Å². The molecule has 2 aliphatic heterocycles. The summed E-state index contributed by atoms with van der Waals surface area (Å²) < 4.78 is 0. The zero-order valence-electron chi connectivity index (χ0n) is 16.4. The Morgan fingerprint density at radius 1 is 0.964 bits per heavy atom. The molecule has 0 spiro atoms. The smallest absolute Gasteiger partial charge is 0.251 e. The molecule has 0 aromatic heterocycles. The van der Waals surface area contributed by atoms with Crippen LogP contribution in [0.3, 0.4) is 0 Å². The maximum atomic E-state index is 12.5. The van der Waals surface area contributed by atoms with E-state index in [1.54, 1.807) is 29.2 Å². The number of rotatable bonds is 4. The molecule has 6 nitrogen and oxygen atoms in total. The first-order chi connectivity index (χ1) is 13.6. The summed E-state index contributed by atoms with van der Waals surface area (Å²) >= 11 is 0. The Bertz CT molecular complexity index is 746. The number of amides is 3. The molecule has 3 aliphatic rings. The molecular weight excluding hydrogens is 354 g/mol. The first kappa shape index (κ1) is 19.0. The van der Waals surface area contributed by atoms with Gasteiger partial charge in [-0.2, -0.15) is 0 Å². The predicted octanol–water partition coefficient (Wildman–Crippen LogP) is 2.58. The normalized spacial score (nSPS) is 24.8. The second-order valence-corrected chi connectivity index (χ2v) is 8.31. The van der Waals surface area contributed by atoms with Crippen molar-refractivity contribution in [3.63, 3.8) is 0 Å². The molecule has 0 bridgehead atoms. The number of nitrogens with zero attached hydrogens (tertiary/aromatic N) is 2. The van der Waals surface area contributed by atoms with Crippen molar-refractivity contribution in [2.75, 3.05) is 31.1 Å². The molecule has 1 aromatic rings. The molecule has 1 N–H and O–H groups in total. The lowest BCUT2D eigenvalue weighted by molar-refractivity contribution is -0.133. The van der Waals surface area contributed by atoms with Crippen LogP contribution in [-0.2, 0) is 9.59 Å². The van der Waals surface area contributed by atoms with Crippen molar-refractivity contribution < 1.29 is 14.4 Å². The molecule has 1 aliphatic carbocycles. The maximum Gasteiger partial charge on any atom is 0.251 e. The molecule has 2 saturated heterocycles. The Hall–Kier alpha value is -2.37. The van der Waals surface area contributed by atoms with E-state index in [-0.39, 0.29) is 24.3 Å². The van der Waals surface area contributed by atoms with E-state index in [4.69, 9.17) is 0 Å². The van der Waals surface area contributed by atoms with E-state index in [2.05, 4.69) is 5.32 Å². The zero-order chi connectivity index (χ0) is 19.5. The summed E-state index contributed by atoms with van der Waals surface area (Å²) in [6, 6.07) is 7.03. The van der Waals surface area contributed by atoms with Crippen LogP contribution in [0, 0.1) is 11.8 Å². The highest BCUT2D eigenvalue weighted by Crippen LogP contribution is 2.36. The number of hydrogen-bond acceptors (Lipinski definition) is 3. The summed E-state index contributed by atoms with van der Waals surface area (Å²) in [5, 5.41) is 2.76. The van der Waals surface area contributed by atoms with Gasteiger partial charge in [0.1, 0.15) is 0 Å². The quantitative estimate of drug-likeness (QED) is 0.869. The Morgan fingerprint density at radius 2 is 1.71 bits per heavy atom. The van der Waals surface area contributed by atoms with Crippen molar-refractivity contribution in [2.24, 2.45) is 11.8 Å². The van der Waals surface area contributed by atoms with Crippen LogP contribution in [0.5, 0.6) is 0 Å². The van der Waals surface area contributed by atoms with Gasteiger partial charge in [-0.3, -0.25) is 14.4 Å². The van der Waals surface area contributed by atoms with Gasteiger partial charge in [-0.15, -0.1) is 0 Å². The van der Waals surface area contributed by atoms with Crippen molar-refractivity contribution in [1.29, 1.82) is 0 Å². The van der Waals surface area contributed by atoms with Crippen molar-refractivity contribution in [2.45, 2.75) is 44.9 Å². The summed E-state index contributed by atoms with van der Waals surface area (Å²) in [6.45, 7) is 2.44. The Kier molecular flexibility index (Phi) is 5.64. The minimum Gasteiger partial charge on any atom is -0.343 e. The van der Waals surface area contributed by atoms with Gasteiger partial charge in [0.15, 0.2) is 0 Å². The van der Waals surface area contributed by atoms with Crippen molar-refractivity contribution in [3.05, 3.63) is 29.8 Å². The van der Waals surface area contributed by atoms with E-state index in [1.165, 1.54) is 25.7 Å². The van der Waals surface area contributed by atoms with Gasteiger partial charge >= 0.3 is 0 Å². The standard InChI is InChI=1S/C22H29N3O3/c26-20-6-3-12-25(20)19-9-7-17(8-10-19)22(28)23-14-21(27)24-13-11-16-4-1-2-5-18(16)15-24/h7-10,16,18H,1-6,11-15H2,(H,23,28)/t16-,18+/m1/s1. The van der Waals surface area contributed by atoms with E-state index in [0.717, 1.165) is 44.1 Å². The highest BCUT2D eigenvalue weighted by molar-refractivity contribution is 5.98. The van der Waals surface area contributed by atoms with Gasteiger partial charge in [-0.05, 0) is 55.4 Å². The molecule has 4 rings (SSSR count). The van der Waals surface area contributed by atoms with E-state index in [1.807, 2.05) is 4.90 Å². The minimum atomic E-state index is -0.250. The first-order valence-electron chi connectivity index (χ1n) is 10.6. The highest BCUT2D eigenvalue weighted by atomic mass is 16.2. The minimum absolute atomic E-state index is 0.0108. The van der Waals surface area contributed by atoms with Gasteiger partial charge in [0.05, 0.1) is 6.54 Å². The van der Waals surface area contributed by atoms with Gasteiger partial charge in [0.25, 0.3) is 5.91 Å². The summed E-state index contributed by atoms with van der Waals surface area (Å²) in [5.74, 6) is 1.32. The highest BCUT2D eigenvalue weighted by Gasteiger charge is 2.32. The number of nitrogens with one attached hydrogen (secondary N) is 1. The molecule has 1 aromatic carbocycles. The molecule has 150 valence electrons. The van der Waals surface area contributed by atoms with E-state index in [0.29, 0.717) is 17.9 Å². The summed E-state index contributed by atoms with van der Waals surface area (Å²) in [6.07, 6.45) is 7.70. The van der Waals surface area contributed by atoms with Crippen LogP contribution < -0.4 is 10.2 Å². The van der Waals surface area contributed by atoms with Gasteiger partial charge in [0.2, 0.25) is 11.8 Å². The molecule has 6 heteroatoms. The third kappa shape index (κ3) is 4.05. The number of fused-ring (bicyclic) bond motifs is 1. The number of piperidine rings is 1. The third-order valence-corrected chi connectivity index (χ3v) is 6.56. The number of carbonyl (C=O) groups excluding carboxylic acids is 3. The average Bonchev–Trinajstić information content (AvgIpc) is 3.17. The number of likely N-dealkylation sites (tertiary alicyclic amines) is 1. The predicted molar refractivity (Wildman–Crippen MR) is 107 cm³/mol. The van der Waals surface area contributed by atoms with Crippen LogP contribution >= 0.6 is 0 Å². The van der Waals surface area contributed by atoms with E-state index < -0.39 is 0 Å². The molecule has 0 unspecified atom stereocenters. The maximum absolute atomic E-state index is 12.5. The molecule has 1 saturated carbocycles. The number of hydrogen-bond donors (Lipinski definition) is 1. The molecule has 3 amide bonds. The molecule has 3 fully saturated rings. The fourth-order valence-electron chi connectivity index (χ4n) is 4.91. The second-order valence-electron chi connectivity index (χ2n) is 8.31. The number of anilines is 1. The molecule has 28 heavy (non-hydrogen) atoms. The van der Waals surface area contributed by atoms with Gasteiger partial charge in [-0.25, -0.2) is 0 Å². The van der Waals surface area contributed by atoms with Crippen molar-refractivity contribution >= 4 is 23.4 Å². The zero-order valence-corrected chi connectivity index (χ0v) is 16.4. The molecule has 2 heterocycles. The number of carbonyl (C=O) groups is 3. The fourth-order valence-corrected chi connectivity index (χ4v) is 4.91. The lowest BCUT2D eigenvalue weighted by Crippen LogP contribution is -2.48. The Labute approximate surface area is 166 Å². The molecule has 2 atom stereocenters. The lowest BCUT2D eigenvalue weighted by Gasteiger charge is -2.41. The van der Waals surface area contributed by atoms with Crippen LogP contribution in [0.2, 0.25) is 0 Å². The Morgan fingerprint density at radius 3 is 2.43 bits per heavy atom. The van der Waals surface area contributed by atoms with E-state index >= 15 is 0 Å². The van der Waals surface area contributed by atoms with Crippen LogP contribution in [0.1, 0.15) is 55.3 Å². The lowest BCUT2D eigenvalue weighted by atomic mass is 9.75. The third-order valence-electron chi connectivity index (χ3n) is 6.56. The van der Waals surface area contributed by atoms with Gasteiger partial charge in [0, 0.05) is 37.3 Å². The van der Waals surface area contributed by atoms with Crippen LogP contribution in [0.25, 0.3) is 0 Å². The van der Waals surface area contributed by atoms with Crippen LogP contribution in [0.4, 0.5) is 5.69 Å². The molecule has 0 radical (unpaired) electrons. The van der Waals surface area contributed by atoms with Gasteiger partial charge in [-0.1, -0.05) is 19.3 Å². The summed E-state index contributed by atoms with van der Waals surface area (Å²) in [4.78, 5) is 40.4. The largest absolute Gasteiger partial charge is 0.343 e. The fraction of sp³-hybridized carbons (Fsp3) is 0.591. The van der Waals surface area contributed by atoms with Crippen molar-refractivity contribution in [1.82, 2.24) is 10.2 Å². The second kappa shape index (κ2) is 8.33. The first-order valence-corrected chi connectivity index (χ1v) is 10.6. The van der Waals surface area contributed by atoms with E-state index in [9.17, 15) is 14.4 Å². The van der Waals surface area contributed by atoms with Crippen molar-refractivity contribution in [3.8, 4) is 0 Å². The number of benzene rings is 1. The summed E-state index contributed by atoms with van der Waals surface area (Å²) in [7, 11) is 0. The molecular formula is C22H29N3O3.